The minimum Gasteiger partial charge on any atom is -0.478 e. The zero-order valence-corrected chi connectivity index (χ0v) is 12.6. The van der Waals surface area contributed by atoms with Crippen LogP contribution >= 0.6 is 11.8 Å². The van der Waals surface area contributed by atoms with Crippen LogP contribution in [0.5, 0.6) is 0 Å². The number of aromatic carboxylic acids is 1. The van der Waals surface area contributed by atoms with Gasteiger partial charge < -0.3 is 14.8 Å². The van der Waals surface area contributed by atoms with E-state index in [-0.39, 0.29) is 5.56 Å². The third kappa shape index (κ3) is 3.24. The molecule has 5 heteroatoms. The van der Waals surface area contributed by atoms with Crippen molar-refractivity contribution in [2.24, 2.45) is 0 Å². The number of nitrogens with one attached hydrogen (secondary N) is 1. The van der Waals surface area contributed by atoms with Gasteiger partial charge in [-0.05, 0) is 24.7 Å². The monoisotopic (exact) mass is 305 g/mol. The van der Waals surface area contributed by atoms with Crippen LogP contribution in [-0.2, 0) is 6.54 Å². The molecule has 2 N–H and O–H groups in total. The maximum absolute atomic E-state index is 11.5. The van der Waals surface area contributed by atoms with Crippen molar-refractivity contribution in [1.29, 1.82) is 0 Å². The van der Waals surface area contributed by atoms with Gasteiger partial charge in [0.05, 0.1) is 6.54 Å². The van der Waals surface area contributed by atoms with Crippen molar-refractivity contribution in [2.75, 3.05) is 12.3 Å². The molecule has 1 atom stereocenters. The Morgan fingerprint density at radius 1 is 1.38 bits per heavy atom. The van der Waals surface area contributed by atoms with E-state index >= 15 is 0 Å². The molecule has 1 saturated heterocycles. The second kappa shape index (κ2) is 6.54. The number of carboxylic acid groups (broad SMARTS) is 1. The van der Waals surface area contributed by atoms with Crippen molar-refractivity contribution in [2.45, 2.75) is 31.1 Å². The first-order valence-corrected chi connectivity index (χ1v) is 8.36. The highest BCUT2D eigenvalue weighted by atomic mass is 32.2. The quantitative estimate of drug-likeness (QED) is 0.885. The highest BCUT2D eigenvalue weighted by Gasteiger charge is 2.20. The topological polar surface area (TPSA) is 62.5 Å². The zero-order chi connectivity index (χ0) is 14.7. The van der Waals surface area contributed by atoms with E-state index in [1.54, 1.807) is 6.07 Å². The van der Waals surface area contributed by atoms with Gasteiger partial charge in [-0.3, -0.25) is 0 Å². The zero-order valence-electron chi connectivity index (χ0n) is 11.8. The molecule has 0 amide bonds. The van der Waals surface area contributed by atoms with E-state index in [2.05, 4.69) is 5.32 Å². The van der Waals surface area contributed by atoms with E-state index < -0.39 is 5.97 Å². The van der Waals surface area contributed by atoms with E-state index in [0.717, 1.165) is 6.54 Å². The summed E-state index contributed by atoms with van der Waals surface area (Å²) < 4.78 is 5.70. The lowest BCUT2D eigenvalue weighted by Gasteiger charge is -2.21. The Balaban J connectivity index is 1.71. The summed E-state index contributed by atoms with van der Waals surface area (Å²) in [5.41, 5.74) is 0.924. The molecule has 2 aromatic rings. The normalized spacial score (nSPS) is 19.0. The molecule has 1 aliphatic rings. The Morgan fingerprint density at radius 2 is 2.24 bits per heavy atom. The molecule has 0 spiro atoms. The van der Waals surface area contributed by atoms with Crippen LogP contribution in [0.15, 0.2) is 28.7 Å². The van der Waals surface area contributed by atoms with Crippen LogP contribution in [0.4, 0.5) is 0 Å². The Hall–Kier alpha value is -1.46. The van der Waals surface area contributed by atoms with Crippen LogP contribution in [0, 0.1) is 0 Å². The van der Waals surface area contributed by atoms with Gasteiger partial charge in [-0.2, -0.15) is 11.8 Å². The molecule has 21 heavy (non-hydrogen) atoms. The molecule has 112 valence electrons. The van der Waals surface area contributed by atoms with Gasteiger partial charge in [-0.1, -0.05) is 24.6 Å². The average molecular weight is 305 g/mol. The number of para-hydroxylation sites is 1. The minimum absolute atomic E-state index is 0.286. The number of carbonyl (C=O) groups is 1. The summed E-state index contributed by atoms with van der Waals surface area (Å²) >= 11 is 2.00. The lowest BCUT2D eigenvalue weighted by molar-refractivity contribution is 0.0696. The Kier molecular flexibility index (Phi) is 4.51. The summed E-state index contributed by atoms with van der Waals surface area (Å²) in [7, 11) is 0. The van der Waals surface area contributed by atoms with E-state index in [9.17, 15) is 9.90 Å². The predicted octanol–water partition coefficient (Wildman–Crippen LogP) is 3.51. The SMILES string of the molecule is O=C(O)c1c(CNCC2CCCCS2)oc2ccccc12. The van der Waals surface area contributed by atoms with Gasteiger partial charge in [0.25, 0.3) is 0 Å². The number of carboxylic acids is 1. The van der Waals surface area contributed by atoms with Crippen LogP contribution < -0.4 is 5.32 Å². The fraction of sp³-hybridized carbons (Fsp3) is 0.438. The van der Waals surface area contributed by atoms with Gasteiger partial charge in [-0.25, -0.2) is 4.79 Å². The second-order valence-corrected chi connectivity index (χ2v) is 6.73. The third-order valence-electron chi connectivity index (χ3n) is 3.81. The van der Waals surface area contributed by atoms with E-state index in [1.165, 1.54) is 25.0 Å². The Labute approximate surface area is 127 Å². The lowest BCUT2D eigenvalue weighted by atomic mass is 10.1. The largest absolute Gasteiger partial charge is 0.478 e. The fourth-order valence-corrected chi connectivity index (χ4v) is 4.04. The number of hydrogen-bond acceptors (Lipinski definition) is 4. The van der Waals surface area contributed by atoms with Crippen LogP contribution in [0.25, 0.3) is 11.0 Å². The summed E-state index contributed by atoms with van der Waals surface area (Å²) in [6.07, 6.45) is 3.85. The molecule has 1 aromatic carbocycles. The van der Waals surface area contributed by atoms with Crippen molar-refractivity contribution >= 4 is 28.7 Å². The summed E-state index contributed by atoms with van der Waals surface area (Å²) in [5, 5.41) is 14.1. The molecule has 1 fully saturated rings. The maximum atomic E-state index is 11.5. The summed E-state index contributed by atoms with van der Waals surface area (Å²) in [6, 6.07) is 7.29. The number of thioether (sulfide) groups is 1. The van der Waals surface area contributed by atoms with Gasteiger partial charge >= 0.3 is 5.97 Å². The first kappa shape index (κ1) is 14.5. The van der Waals surface area contributed by atoms with E-state index in [1.807, 2.05) is 30.0 Å². The molecule has 1 unspecified atom stereocenters. The number of fused-ring (bicyclic) bond motifs is 1. The highest BCUT2D eigenvalue weighted by molar-refractivity contribution is 7.99. The van der Waals surface area contributed by atoms with Crippen LogP contribution in [-0.4, -0.2) is 28.6 Å². The van der Waals surface area contributed by atoms with Crippen molar-refractivity contribution < 1.29 is 14.3 Å². The standard InChI is InChI=1S/C16H19NO3S/c18-16(19)15-12-6-1-2-7-13(12)20-14(15)10-17-9-11-5-3-4-8-21-11/h1-2,6-7,11,17H,3-5,8-10H2,(H,18,19). The molecule has 0 aliphatic carbocycles. The maximum Gasteiger partial charge on any atom is 0.339 e. The molecular weight excluding hydrogens is 286 g/mol. The van der Waals surface area contributed by atoms with Gasteiger partial charge in [0.15, 0.2) is 0 Å². The number of hydrogen-bond donors (Lipinski definition) is 2. The van der Waals surface area contributed by atoms with Crippen LogP contribution in [0.1, 0.15) is 35.4 Å². The van der Waals surface area contributed by atoms with Crippen LogP contribution in [0.2, 0.25) is 0 Å². The van der Waals surface area contributed by atoms with Crippen molar-refractivity contribution in [1.82, 2.24) is 5.32 Å². The van der Waals surface area contributed by atoms with E-state index in [4.69, 9.17) is 4.42 Å². The third-order valence-corrected chi connectivity index (χ3v) is 5.21. The molecule has 0 bridgehead atoms. The second-order valence-electron chi connectivity index (χ2n) is 5.32. The Morgan fingerprint density at radius 3 is 3.00 bits per heavy atom. The lowest BCUT2D eigenvalue weighted by Crippen LogP contribution is -2.26. The van der Waals surface area contributed by atoms with Crippen molar-refractivity contribution in [3.63, 3.8) is 0 Å². The fourth-order valence-electron chi connectivity index (χ4n) is 2.77. The molecule has 3 rings (SSSR count). The number of furan rings is 1. The summed E-state index contributed by atoms with van der Waals surface area (Å²) in [4.78, 5) is 11.5. The summed E-state index contributed by atoms with van der Waals surface area (Å²) in [5.74, 6) is 0.825. The molecule has 1 aromatic heterocycles. The predicted molar refractivity (Wildman–Crippen MR) is 85.0 cm³/mol. The minimum atomic E-state index is -0.927. The first-order valence-electron chi connectivity index (χ1n) is 7.31. The van der Waals surface area contributed by atoms with Gasteiger partial charge in [0, 0.05) is 17.2 Å². The smallest absolute Gasteiger partial charge is 0.339 e. The summed E-state index contributed by atoms with van der Waals surface area (Å²) in [6.45, 7) is 1.37. The average Bonchev–Trinajstić information content (AvgIpc) is 2.86. The molecule has 2 heterocycles. The molecule has 1 aliphatic heterocycles. The van der Waals surface area contributed by atoms with Gasteiger partial charge in [0.1, 0.15) is 16.9 Å². The number of benzene rings is 1. The molecular formula is C16H19NO3S. The van der Waals surface area contributed by atoms with Gasteiger partial charge in [0.2, 0.25) is 0 Å². The van der Waals surface area contributed by atoms with Gasteiger partial charge in [-0.15, -0.1) is 0 Å². The molecule has 4 nitrogen and oxygen atoms in total. The van der Waals surface area contributed by atoms with E-state index in [0.29, 0.717) is 28.5 Å². The van der Waals surface area contributed by atoms with Crippen molar-refractivity contribution in [3.8, 4) is 0 Å². The van der Waals surface area contributed by atoms with Crippen molar-refractivity contribution in [3.05, 3.63) is 35.6 Å². The molecule has 0 radical (unpaired) electrons. The first-order chi connectivity index (χ1) is 10.3. The Bertz CT molecular complexity index is 631. The number of rotatable bonds is 5. The van der Waals surface area contributed by atoms with Crippen LogP contribution in [0.3, 0.4) is 0 Å². The highest BCUT2D eigenvalue weighted by Crippen LogP contribution is 2.27. The molecule has 0 saturated carbocycles.